The van der Waals surface area contributed by atoms with Crippen LogP contribution in [0.25, 0.3) is 11.0 Å². The second-order valence-electron chi connectivity index (χ2n) is 6.93. The van der Waals surface area contributed by atoms with Crippen LogP contribution in [-0.4, -0.2) is 39.4 Å². The van der Waals surface area contributed by atoms with Gasteiger partial charge >= 0.3 is 5.97 Å². The second-order valence-corrected chi connectivity index (χ2v) is 6.93. The van der Waals surface area contributed by atoms with Gasteiger partial charge in [0.15, 0.2) is 6.61 Å². The molecule has 0 saturated heterocycles. The van der Waals surface area contributed by atoms with Crippen molar-refractivity contribution in [1.29, 1.82) is 0 Å². The molecule has 6 heteroatoms. The van der Waals surface area contributed by atoms with Gasteiger partial charge in [-0.3, -0.25) is 0 Å². The molecule has 2 unspecified atom stereocenters. The van der Waals surface area contributed by atoms with E-state index in [1.165, 1.54) is 12.7 Å². The number of carbonyl (C=O) groups is 1. The third-order valence-electron chi connectivity index (χ3n) is 4.75. The topological polar surface area (TPSA) is 69.9 Å². The van der Waals surface area contributed by atoms with Crippen molar-refractivity contribution < 1.29 is 23.4 Å². The molecule has 1 heterocycles. The Bertz CT molecular complexity index is 885. The van der Waals surface area contributed by atoms with Gasteiger partial charge in [0.1, 0.15) is 23.2 Å². The molecule has 1 N–H and O–H groups in total. The van der Waals surface area contributed by atoms with Gasteiger partial charge in [-0.05, 0) is 43.2 Å². The predicted molar refractivity (Wildman–Crippen MR) is 111 cm³/mol. The largest absolute Gasteiger partial charge is 0.482 e. The van der Waals surface area contributed by atoms with Crippen LogP contribution in [0, 0.1) is 0 Å². The summed E-state index contributed by atoms with van der Waals surface area (Å²) in [6.45, 7) is 2.69. The maximum Gasteiger partial charge on any atom is 0.343 e. The Morgan fingerprint density at radius 3 is 2.55 bits per heavy atom. The highest BCUT2D eigenvalue weighted by Gasteiger charge is 2.17. The number of hydrogen-bond donors (Lipinski definition) is 1. The van der Waals surface area contributed by atoms with Gasteiger partial charge in [-0.2, -0.15) is 0 Å². The molecule has 3 aromatic rings. The lowest BCUT2D eigenvalue weighted by molar-refractivity contribution is -0.142. The monoisotopic (exact) mass is 397 g/mol. The maximum absolute atomic E-state index is 11.1. The maximum atomic E-state index is 11.1. The smallest absolute Gasteiger partial charge is 0.343 e. The summed E-state index contributed by atoms with van der Waals surface area (Å²) in [4.78, 5) is 11.1. The summed E-state index contributed by atoms with van der Waals surface area (Å²) >= 11 is 0. The SMILES string of the molecule is COC(=O)COc1ccc(CC(C)NCC(OC)c2cc3ccccc3o2)cc1. The Kier molecular flexibility index (Phi) is 7.27. The van der Waals surface area contributed by atoms with Crippen molar-refractivity contribution in [2.45, 2.75) is 25.5 Å². The number of hydrogen-bond acceptors (Lipinski definition) is 6. The van der Waals surface area contributed by atoms with Gasteiger partial charge in [0.2, 0.25) is 0 Å². The van der Waals surface area contributed by atoms with Crippen molar-refractivity contribution >= 4 is 16.9 Å². The predicted octanol–water partition coefficient (Wildman–Crippen LogP) is 3.89. The molecule has 29 heavy (non-hydrogen) atoms. The number of benzene rings is 2. The first-order chi connectivity index (χ1) is 14.1. The summed E-state index contributed by atoms with van der Waals surface area (Å²) in [5.74, 6) is 1.06. The van der Waals surface area contributed by atoms with Gasteiger partial charge in [-0.25, -0.2) is 4.79 Å². The number of esters is 1. The molecule has 0 saturated carbocycles. The Morgan fingerprint density at radius 1 is 1.10 bits per heavy atom. The summed E-state index contributed by atoms with van der Waals surface area (Å²) in [7, 11) is 3.03. The second kappa shape index (κ2) is 10.1. The summed E-state index contributed by atoms with van der Waals surface area (Å²) in [5, 5.41) is 4.59. The third kappa shape index (κ3) is 5.82. The van der Waals surface area contributed by atoms with Crippen molar-refractivity contribution in [1.82, 2.24) is 5.32 Å². The molecule has 154 valence electrons. The standard InChI is InChI=1S/C23H27NO5/c1-16(12-17-8-10-19(11-9-17)28-15-23(25)27-3)24-14-22(26-2)21-13-18-6-4-5-7-20(18)29-21/h4-11,13,16,22,24H,12,14-15H2,1-3H3. The molecule has 2 aromatic carbocycles. The van der Waals surface area contributed by atoms with E-state index in [1.807, 2.05) is 54.6 Å². The first kappa shape index (κ1) is 20.9. The van der Waals surface area contributed by atoms with E-state index in [4.69, 9.17) is 13.9 Å². The van der Waals surface area contributed by atoms with Crippen LogP contribution in [-0.2, 0) is 20.7 Å². The molecule has 0 amide bonds. The molecule has 6 nitrogen and oxygen atoms in total. The Balaban J connectivity index is 1.50. The molecule has 1 aromatic heterocycles. The number of fused-ring (bicyclic) bond motifs is 1. The number of methoxy groups -OCH3 is 2. The minimum Gasteiger partial charge on any atom is -0.482 e. The quantitative estimate of drug-likeness (QED) is 0.524. The van der Waals surface area contributed by atoms with Crippen LogP contribution in [0.3, 0.4) is 0 Å². The van der Waals surface area contributed by atoms with Crippen molar-refractivity contribution in [3.63, 3.8) is 0 Å². The van der Waals surface area contributed by atoms with Gasteiger partial charge in [-0.15, -0.1) is 0 Å². The fourth-order valence-electron chi connectivity index (χ4n) is 3.12. The van der Waals surface area contributed by atoms with E-state index < -0.39 is 5.97 Å². The Morgan fingerprint density at radius 2 is 1.86 bits per heavy atom. The van der Waals surface area contributed by atoms with E-state index in [9.17, 15) is 4.79 Å². The van der Waals surface area contributed by atoms with Crippen LogP contribution < -0.4 is 10.1 Å². The van der Waals surface area contributed by atoms with Gasteiger partial charge in [0.25, 0.3) is 0 Å². The molecule has 0 radical (unpaired) electrons. The van der Waals surface area contributed by atoms with E-state index in [0.717, 1.165) is 23.2 Å². The van der Waals surface area contributed by atoms with Crippen molar-refractivity contribution in [3.8, 4) is 5.75 Å². The summed E-state index contributed by atoms with van der Waals surface area (Å²) in [6, 6.07) is 17.9. The average Bonchev–Trinajstić information content (AvgIpc) is 3.17. The number of furan rings is 1. The minimum atomic E-state index is -0.399. The highest BCUT2D eigenvalue weighted by atomic mass is 16.6. The lowest BCUT2D eigenvalue weighted by Gasteiger charge is -2.18. The van der Waals surface area contributed by atoms with Gasteiger partial charge < -0.3 is 23.9 Å². The molecular formula is C23H27NO5. The van der Waals surface area contributed by atoms with Crippen LogP contribution in [0.2, 0.25) is 0 Å². The van der Waals surface area contributed by atoms with Crippen LogP contribution in [0.15, 0.2) is 59.0 Å². The molecule has 2 atom stereocenters. The van der Waals surface area contributed by atoms with Gasteiger partial charge in [-0.1, -0.05) is 30.3 Å². The van der Waals surface area contributed by atoms with Gasteiger partial charge in [0.05, 0.1) is 7.11 Å². The zero-order valence-corrected chi connectivity index (χ0v) is 17.0. The van der Waals surface area contributed by atoms with E-state index in [-0.39, 0.29) is 18.8 Å². The molecule has 0 fully saturated rings. The van der Waals surface area contributed by atoms with Crippen molar-refractivity contribution in [2.75, 3.05) is 27.4 Å². The molecule has 3 rings (SSSR count). The normalized spacial score (nSPS) is 13.2. The highest BCUT2D eigenvalue weighted by molar-refractivity contribution is 5.77. The first-order valence-corrected chi connectivity index (χ1v) is 9.62. The number of nitrogens with one attached hydrogen (secondary N) is 1. The van der Waals surface area contributed by atoms with Crippen LogP contribution in [0.5, 0.6) is 5.75 Å². The lowest BCUT2D eigenvalue weighted by atomic mass is 10.1. The van der Waals surface area contributed by atoms with Crippen LogP contribution >= 0.6 is 0 Å². The van der Waals surface area contributed by atoms with Gasteiger partial charge in [0, 0.05) is 25.1 Å². The van der Waals surface area contributed by atoms with Crippen molar-refractivity contribution in [3.05, 3.63) is 65.9 Å². The van der Waals surface area contributed by atoms with E-state index in [2.05, 4.69) is 17.0 Å². The molecule has 0 aliphatic rings. The Hall–Kier alpha value is -2.83. The van der Waals surface area contributed by atoms with E-state index >= 15 is 0 Å². The molecular weight excluding hydrogens is 370 g/mol. The average molecular weight is 397 g/mol. The summed E-state index contributed by atoms with van der Waals surface area (Å²) in [6.07, 6.45) is 0.701. The molecule has 0 spiro atoms. The van der Waals surface area contributed by atoms with Crippen LogP contribution in [0.4, 0.5) is 0 Å². The number of carbonyl (C=O) groups excluding carboxylic acids is 1. The lowest BCUT2D eigenvalue weighted by Crippen LogP contribution is -2.32. The number of para-hydroxylation sites is 1. The summed E-state index contributed by atoms with van der Waals surface area (Å²) in [5.41, 5.74) is 2.04. The molecule has 0 aliphatic heterocycles. The zero-order chi connectivity index (χ0) is 20.6. The minimum absolute atomic E-state index is 0.0893. The highest BCUT2D eigenvalue weighted by Crippen LogP contribution is 2.25. The fraction of sp³-hybridized carbons (Fsp3) is 0.348. The van der Waals surface area contributed by atoms with E-state index in [1.54, 1.807) is 7.11 Å². The molecule has 0 bridgehead atoms. The zero-order valence-electron chi connectivity index (χ0n) is 17.0. The third-order valence-corrected chi connectivity index (χ3v) is 4.75. The van der Waals surface area contributed by atoms with Crippen molar-refractivity contribution in [2.24, 2.45) is 0 Å². The van der Waals surface area contributed by atoms with Crippen LogP contribution in [0.1, 0.15) is 24.4 Å². The Labute approximate surface area is 170 Å². The molecule has 0 aliphatic carbocycles. The number of rotatable bonds is 10. The number of ether oxygens (including phenoxy) is 3. The first-order valence-electron chi connectivity index (χ1n) is 9.62. The summed E-state index contributed by atoms with van der Waals surface area (Å²) < 4.78 is 21.5. The van der Waals surface area contributed by atoms with E-state index in [0.29, 0.717) is 12.3 Å². The fourth-order valence-corrected chi connectivity index (χ4v) is 3.12.